The van der Waals surface area contributed by atoms with Crippen molar-refractivity contribution in [3.63, 3.8) is 0 Å². The molecule has 5 heteroatoms. The van der Waals surface area contributed by atoms with E-state index in [1.54, 1.807) is 29.2 Å². The number of aromatic hydroxyl groups is 1. The molecule has 1 aliphatic heterocycles. The summed E-state index contributed by atoms with van der Waals surface area (Å²) >= 11 is 0. The van der Waals surface area contributed by atoms with Crippen molar-refractivity contribution >= 4 is 11.9 Å². The number of hydrogen-bond donors (Lipinski definition) is 1. The Labute approximate surface area is 111 Å². The van der Waals surface area contributed by atoms with E-state index in [0.29, 0.717) is 19.5 Å². The highest BCUT2D eigenvalue weighted by atomic mass is 16.5. The quantitative estimate of drug-likeness (QED) is 0.825. The second kappa shape index (κ2) is 5.73. The molecule has 5 nitrogen and oxygen atoms in total. The third-order valence-electron chi connectivity index (χ3n) is 3.34. The van der Waals surface area contributed by atoms with Crippen molar-refractivity contribution in [2.75, 3.05) is 20.2 Å². The third-order valence-corrected chi connectivity index (χ3v) is 3.34. The summed E-state index contributed by atoms with van der Waals surface area (Å²) in [6.07, 6.45) is 0.890. The van der Waals surface area contributed by atoms with Crippen LogP contribution in [0.5, 0.6) is 5.75 Å². The molecule has 0 aromatic heterocycles. The summed E-state index contributed by atoms with van der Waals surface area (Å²) in [4.78, 5) is 25.1. The van der Waals surface area contributed by atoms with Crippen LogP contribution in [0.1, 0.15) is 12.0 Å². The highest BCUT2D eigenvalue weighted by Gasteiger charge is 2.31. The van der Waals surface area contributed by atoms with Crippen LogP contribution in [0.15, 0.2) is 24.3 Å². The molecule has 0 bridgehead atoms. The largest absolute Gasteiger partial charge is 0.508 e. The van der Waals surface area contributed by atoms with Crippen molar-refractivity contribution in [3.05, 3.63) is 29.8 Å². The second-order valence-corrected chi connectivity index (χ2v) is 4.70. The SMILES string of the molecule is COC(=O)C1CCN(C(=O)Cc2cccc(O)c2)C1. The van der Waals surface area contributed by atoms with Crippen LogP contribution < -0.4 is 0 Å². The molecular formula is C14H17NO4. The first-order valence-corrected chi connectivity index (χ1v) is 6.23. The molecule has 1 heterocycles. The fourth-order valence-corrected chi connectivity index (χ4v) is 2.30. The summed E-state index contributed by atoms with van der Waals surface area (Å²) < 4.78 is 4.69. The number of carbonyl (C=O) groups excluding carboxylic acids is 2. The number of ether oxygens (including phenoxy) is 1. The van der Waals surface area contributed by atoms with Crippen molar-refractivity contribution in [1.82, 2.24) is 4.90 Å². The average molecular weight is 263 g/mol. The van der Waals surface area contributed by atoms with Crippen LogP contribution in [0.3, 0.4) is 0 Å². The Morgan fingerprint density at radius 1 is 1.47 bits per heavy atom. The summed E-state index contributed by atoms with van der Waals surface area (Å²) in [6.45, 7) is 1.00. The van der Waals surface area contributed by atoms with Gasteiger partial charge in [-0.15, -0.1) is 0 Å². The van der Waals surface area contributed by atoms with E-state index in [4.69, 9.17) is 0 Å². The maximum Gasteiger partial charge on any atom is 0.310 e. The highest BCUT2D eigenvalue weighted by Crippen LogP contribution is 2.19. The summed E-state index contributed by atoms with van der Waals surface area (Å²) in [5.74, 6) is -0.345. The van der Waals surface area contributed by atoms with Crippen molar-refractivity contribution < 1.29 is 19.4 Å². The summed E-state index contributed by atoms with van der Waals surface area (Å²) in [6, 6.07) is 6.65. The van der Waals surface area contributed by atoms with E-state index in [0.717, 1.165) is 5.56 Å². The number of phenols is 1. The number of likely N-dealkylation sites (tertiary alicyclic amines) is 1. The Balaban J connectivity index is 1.93. The van der Waals surface area contributed by atoms with Crippen LogP contribution in [0, 0.1) is 5.92 Å². The minimum absolute atomic E-state index is 0.0306. The van der Waals surface area contributed by atoms with Crippen LogP contribution in [0.2, 0.25) is 0 Å². The number of rotatable bonds is 3. The molecule has 0 aliphatic carbocycles. The Morgan fingerprint density at radius 2 is 2.26 bits per heavy atom. The van der Waals surface area contributed by atoms with Gasteiger partial charge in [-0.25, -0.2) is 0 Å². The average Bonchev–Trinajstić information content (AvgIpc) is 2.87. The van der Waals surface area contributed by atoms with Gasteiger partial charge in [0.2, 0.25) is 5.91 Å². The van der Waals surface area contributed by atoms with Crippen molar-refractivity contribution in [3.8, 4) is 5.75 Å². The molecule has 1 atom stereocenters. The predicted molar refractivity (Wildman–Crippen MR) is 68.5 cm³/mol. The Bertz CT molecular complexity index is 486. The smallest absolute Gasteiger partial charge is 0.310 e. The molecule has 0 spiro atoms. The van der Waals surface area contributed by atoms with E-state index in [2.05, 4.69) is 4.74 Å². The molecular weight excluding hydrogens is 246 g/mol. The van der Waals surface area contributed by atoms with Crippen LogP contribution in [-0.2, 0) is 20.7 Å². The molecule has 1 fully saturated rings. The van der Waals surface area contributed by atoms with Gasteiger partial charge in [0.05, 0.1) is 19.4 Å². The Morgan fingerprint density at radius 3 is 2.95 bits per heavy atom. The first-order valence-electron chi connectivity index (χ1n) is 6.23. The fraction of sp³-hybridized carbons (Fsp3) is 0.429. The number of hydrogen-bond acceptors (Lipinski definition) is 4. The monoisotopic (exact) mass is 263 g/mol. The van der Waals surface area contributed by atoms with Gasteiger partial charge in [0.1, 0.15) is 5.75 Å². The zero-order valence-corrected chi connectivity index (χ0v) is 10.8. The minimum Gasteiger partial charge on any atom is -0.508 e. The van der Waals surface area contributed by atoms with E-state index >= 15 is 0 Å². The summed E-state index contributed by atoms with van der Waals surface area (Å²) in [5.41, 5.74) is 0.770. The van der Waals surface area contributed by atoms with E-state index in [1.807, 2.05) is 0 Å². The number of methoxy groups -OCH3 is 1. The topological polar surface area (TPSA) is 66.8 Å². The first kappa shape index (κ1) is 13.4. The van der Waals surface area contributed by atoms with Crippen molar-refractivity contribution in [1.29, 1.82) is 0 Å². The van der Waals surface area contributed by atoms with Gasteiger partial charge in [-0.05, 0) is 24.1 Å². The van der Waals surface area contributed by atoms with E-state index in [9.17, 15) is 14.7 Å². The lowest BCUT2D eigenvalue weighted by atomic mass is 10.1. The zero-order valence-electron chi connectivity index (χ0n) is 10.8. The molecule has 1 aliphatic rings. The van der Waals surface area contributed by atoms with Crippen molar-refractivity contribution in [2.24, 2.45) is 5.92 Å². The molecule has 1 unspecified atom stereocenters. The highest BCUT2D eigenvalue weighted by molar-refractivity contribution is 5.81. The predicted octanol–water partition coefficient (Wildman–Crippen LogP) is 0.956. The van der Waals surface area contributed by atoms with Gasteiger partial charge in [-0.2, -0.15) is 0 Å². The lowest BCUT2D eigenvalue weighted by molar-refractivity contribution is -0.145. The zero-order chi connectivity index (χ0) is 13.8. The van der Waals surface area contributed by atoms with Gasteiger partial charge in [0, 0.05) is 13.1 Å². The molecule has 1 aromatic rings. The summed E-state index contributed by atoms with van der Waals surface area (Å²) in [5, 5.41) is 9.35. The van der Waals surface area contributed by atoms with Gasteiger partial charge >= 0.3 is 5.97 Å². The molecule has 0 saturated carbocycles. The number of benzene rings is 1. The number of carbonyl (C=O) groups is 2. The molecule has 1 N–H and O–H groups in total. The van der Waals surface area contributed by atoms with E-state index in [1.165, 1.54) is 7.11 Å². The first-order chi connectivity index (χ1) is 9.10. The van der Waals surface area contributed by atoms with Gasteiger partial charge < -0.3 is 14.7 Å². The normalized spacial score (nSPS) is 18.4. The maximum absolute atomic E-state index is 12.1. The second-order valence-electron chi connectivity index (χ2n) is 4.70. The minimum atomic E-state index is -0.257. The lowest BCUT2D eigenvalue weighted by Gasteiger charge is -2.16. The Kier molecular flexibility index (Phi) is 4.04. The van der Waals surface area contributed by atoms with E-state index in [-0.39, 0.29) is 30.0 Å². The van der Waals surface area contributed by atoms with Gasteiger partial charge in [-0.3, -0.25) is 9.59 Å². The molecule has 102 valence electrons. The maximum atomic E-state index is 12.1. The molecule has 0 radical (unpaired) electrons. The van der Waals surface area contributed by atoms with Crippen molar-refractivity contribution in [2.45, 2.75) is 12.8 Å². The number of esters is 1. The van der Waals surface area contributed by atoms with E-state index < -0.39 is 0 Å². The molecule has 1 aromatic carbocycles. The van der Waals surface area contributed by atoms with Gasteiger partial charge in [0.25, 0.3) is 0 Å². The number of amides is 1. The molecule has 1 amide bonds. The third kappa shape index (κ3) is 3.24. The van der Waals surface area contributed by atoms with Crippen LogP contribution in [0.25, 0.3) is 0 Å². The Hall–Kier alpha value is -2.04. The molecule has 19 heavy (non-hydrogen) atoms. The standard InChI is InChI=1S/C14H17NO4/c1-19-14(18)11-5-6-15(9-11)13(17)8-10-3-2-4-12(16)7-10/h2-4,7,11,16H,5-6,8-9H2,1H3. The fourth-order valence-electron chi connectivity index (χ4n) is 2.30. The van der Waals surface area contributed by atoms with Gasteiger partial charge in [-0.1, -0.05) is 12.1 Å². The molecule has 2 rings (SSSR count). The van der Waals surface area contributed by atoms with Gasteiger partial charge in [0.15, 0.2) is 0 Å². The van der Waals surface area contributed by atoms with Crippen LogP contribution >= 0.6 is 0 Å². The number of nitrogens with zero attached hydrogens (tertiary/aromatic N) is 1. The summed E-state index contributed by atoms with van der Waals surface area (Å²) in [7, 11) is 1.36. The van der Waals surface area contributed by atoms with Crippen LogP contribution in [0.4, 0.5) is 0 Å². The molecule has 1 saturated heterocycles. The number of phenolic OH excluding ortho intramolecular Hbond substituents is 1. The lowest BCUT2D eigenvalue weighted by Crippen LogP contribution is -2.31. The van der Waals surface area contributed by atoms with Crippen LogP contribution in [-0.4, -0.2) is 42.1 Å².